The van der Waals surface area contributed by atoms with Crippen LogP contribution in [0.2, 0.25) is 0 Å². The number of carbonyl (C=O) groups is 3. The minimum absolute atomic E-state index is 0.0342. The van der Waals surface area contributed by atoms with Crippen LogP contribution in [0.25, 0.3) is 0 Å². The Bertz CT molecular complexity index is 863. The molecule has 3 N–H and O–H groups in total. The Morgan fingerprint density at radius 3 is 2.58 bits per heavy atom. The van der Waals surface area contributed by atoms with Crippen LogP contribution in [-0.2, 0) is 25.6 Å². The first kappa shape index (κ1) is 18.4. The number of aliphatic carboxylic acids is 1. The zero-order chi connectivity index (χ0) is 18.8. The summed E-state index contributed by atoms with van der Waals surface area (Å²) in [6, 6.07) is 7.43. The van der Waals surface area contributed by atoms with Crippen LogP contribution in [0.1, 0.15) is 5.56 Å². The van der Waals surface area contributed by atoms with Gasteiger partial charge < -0.3 is 15.5 Å². The van der Waals surface area contributed by atoms with E-state index in [2.05, 4.69) is 5.32 Å². The molecule has 136 valence electrons. The van der Waals surface area contributed by atoms with Gasteiger partial charge in [0.05, 0.1) is 6.61 Å². The van der Waals surface area contributed by atoms with Gasteiger partial charge in [0.1, 0.15) is 33.2 Å². The summed E-state index contributed by atoms with van der Waals surface area (Å²) in [6.07, 6.45) is 0. The number of hydrogen-bond acceptors (Lipinski definition) is 6. The molecule has 2 atom stereocenters. The third-order valence-electron chi connectivity index (χ3n) is 4.05. The fourth-order valence-electron chi connectivity index (χ4n) is 2.82. The summed E-state index contributed by atoms with van der Waals surface area (Å²) in [5.74, 6) is -2.32. The quantitative estimate of drug-likeness (QED) is 0.338. The Morgan fingerprint density at radius 2 is 2.00 bits per heavy atom. The number of hydrogen-bond donors (Lipinski definition) is 3. The number of β-lactam (4-membered cyclic amide) rings is 1. The van der Waals surface area contributed by atoms with Gasteiger partial charge in [0.15, 0.2) is 0 Å². The molecule has 1 saturated heterocycles. The van der Waals surface area contributed by atoms with E-state index in [1.54, 1.807) is 30.3 Å². The Hall–Kier alpha value is -2.43. The standard InChI is InChI=1S/C16H14N2O6S2/c19-6-9-7-25-15-10(14(21)18(15)11(9)16(22)23)17-13(20)12(26-24)8-4-2-1-3-5-8/h1-5,10,15,19H,6-7H2,(H,17,20)(H,22,23)/t10?,15-/m1/s1. The largest absolute Gasteiger partial charge is 0.477 e. The van der Waals surface area contributed by atoms with Gasteiger partial charge in [-0.15, -0.1) is 11.8 Å². The van der Waals surface area contributed by atoms with E-state index in [1.807, 2.05) is 0 Å². The lowest BCUT2D eigenvalue weighted by Crippen LogP contribution is -2.71. The molecule has 0 aromatic heterocycles. The number of aliphatic hydroxyl groups is 1. The highest BCUT2D eigenvalue weighted by atomic mass is 32.2. The zero-order valence-corrected chi connectivity index (χ0v) is 14.9. The molecule has 2 heterocycles. The Balaban J connectivity index is 1.78. The maximum atomic E-state index is 12.4. The molecule has 0 radical (unpaired) electrons. The average Bonchev–Trinajstić information content (AvgIpc) is 2.66. The van der Waals surface area contributed by atoms with Gasteiger partial charge in [-0.05, 0) is 5.57 Å². The number of aliphatic hydroxyl groups excluding tert-OH is 1. The van der Waals surface area contributed by atoms with Crippen LogP contribution in [0, 0.1) is 0 Å². The predicted molar refractivity (Wildman–Crippen MR) is 95.5 cm³/mol. The highest BCUT2D eigenvalue weighted by Gasteiger charge is 2.54. The van der Waals surface area contributed by atoms with E-state index in [4.69, 9.17) is 0 Å². The highest BCUT2D eigenvalue weighted by molar-refractivity contribution is 8.00. The second kappa shape index (κ2) is 7.44. The summed E-state index contributed by atoms with van der Waals surface area (Å²) in [7, 11) is 0. The first-order chi connectivity index (χ1) is 12.5. The Morgan fingerprint density at radius 1 is 1.31 bits per heavy atom. The minimum atomic E-state index is -1.30. The van der Waals surface area contributed by atoms with E-state index < -0.39 is 35.8 Å². The molecular weight excluding hydrogens is 380 g/mol. The van der Waals surface area contributed by atoms with E-state index in [-0.39, 0.29) is 33.1 Å². The molecule has 0 bridgehead atoms. The average molecular weight is 394 g/mol. The molecule has 0 aliphatic carbocycles. The Kier molecular flexibility index (Phi) is 5.25. The van der Waals surface area contributed by atoms with Gasteiger partial charge in [0, 0.05) is 11.3 Å². The second-order valence-corrected chi connectivity index (χ2v) is 7.23. The van der Waals surface area contributed by atoms with Crippen LogP contribution in [0.3, 0.4) is 0 Å². The predicted octanol–water partition coefficient (Wildman–Crippen LogP) is -0.849. The van der Waals surface area contributed by atoms with E-state index >= 15 is 0 Å². The minimum Gasteiger partial charge on any atom is -0.477 e. The smallest absolute Gasteiger partial charge is 0.352 e. The van der Waals surface area contributed by atoms with Crippen LogP contribution in [0.15, 0.2) is 41.6 Å². The number of benzene rings is 1. The molecule has 10 heteroatoms. The van der Waals surface area contributed by atoms with Gasteiger partial charge in [-0.2, -0.15) is 0 Å². The van der Waals surface area contributed by atoms with E-state index in [9.17, 15) is 28.8 Å². The number of carboxylic acids is 1. The number of rotatable bonds is 5. The summed E-state index contributed by atoms with van der Waals surface area (Å²) >= 11 is 1.28. The molecule has 2 amide bonds. The van der Waals surface area contributed by atoms with E-state index in [0.717, 1.165) is 4.90 Å². The van der Waals surface area contributed by atoms with Crippen molar-refractivity contribution in [2.45, 2.75) is 11.4 Å². The van der Waals surface area contributed by atoms with Crippen molar-refractivity contribution in [3.63, 3.8) is 0 Å². The SMILES string of the molecule is O=S=C(C(=O)NC1C(=O)N2C(C(=O)O)=C(CO)CS[C@H]12)c1ccccc1. The van der Waals surface area contributed by atoms with Gasteiger partial charge >= 0.3 is 5.97 Å². The third-order valence-corrected chi connectivity index (χ3v) is 5.98. The van der Waals surface area contributed by atoms with Crippen LogP contribution < -0.4 is 5.32 Å². The van der Waals surface area contributed by atoms with Crippen LogP contribution in [0.4, 0.5) is 0 Å². The highest BCUT2D eigenvalue weighted by Crippen LogP contribution is 2.40. The molecule has 0 spiro atoms. The van der Waals surface area contributed by atoms with Gasteiger partial charge in [0.25, 0.3) is 11.8 Å². The summed E-state index contributed by atoms with van der Waals surface area (Å²) in [5, 5.41) is 20.5. The van der Waals surface area contributed by atoms with E-state index in [1.165, 1.54) is 11.8 Å². The number of thioether (sulfide) groups is 1. The maximum absolute atomic E-state index is 12.4. The molecule has 3 rings (SSSR count). The molecule has 8 nitrogen and oxygen atoms in total. The molecule has 2 aliphatic rings. The van der Waals surface area contributed by atoms with Crippen molar-refractivity contribution in [1.29, 1.82) is 0 Å². The number of fused-ring (bicyclic) bond motifs is 1. The van der Waals surface area contributed by atoms with Crippen molar-refractivity contribution in [3.8, 4) is 0 Å². The van der Waals surface area contributed by atoms with Crippen molar-refractivity contribution in [2.24, 2.45) is 0 Å². The lowest BCUT2D eigenvalue weighted by Gasteiger charge is -2.49. The molecule has 1 fully saturated rings. The summed E-state index contributed by atoms with van der Waals surface area (Å²) in [6.45, 7) is -0.457. The molecular formula is C16H14N2O6S2. The van der Waals surface area contributed by atoms with Gasteiger partial charge in [-0.1, -0.05) is 30.3 Å². The zero-order valence-electron chi connectivity index (χ0n) is 13.2. The first-order valence-corrected chi connectivity index (χ1v) is 9.32. The van der Waals surface area contributed by atoms with Crippen molar-refractivity contribution >= 4 is 45.7 Å². The van der Waals surface area contributed by atoms with Gasteiger partial charge in [0.2, 0.25) is 0 Å². The lowest BCUT2D eigenvalue weighted by molar-refractivity contribution is -0.150. The molecule has 26 heavy (non-hydrogen) atoms. The summed E-state index contributed by atoms with van der Waals surface area (Å²) in [4.78, 5) is 37.2. The topological polar surface area (TPSA) is 124 Å². The van der Waals surface area contributed by atoms with Crippen LogP contribution in [-0.4, -0.2) is 65.7 Å². The molecule has 1 aromatic rings. The van der Waals surface area contributed by atoms with Crippen molar-refractivity contribution in [2.75, 3.05) is 12.4 Å². The second-order valence-electron chi connectivity index (χ2n) is 5.55. The Labute approximate surface area is 155 Å². The number of nitrogens with zero attached hydrogens (tertiary/aromatic N) is 1. The van der Waals surface area contributed by atoms with Crippen LogP contribution in [0.5, 0.6) is 0 Å². The van der Waals surface area contributed by atoms with Crippen molar-refractivity contribution < 1.29 is 28.8 Å². The van der Waals surface area contributed by atoms with Crippen LogP contribution >= 0.6 is 11.8 Å². The molecule has 1 aromatic carbocycles. The van der Waals surface area contributed by atoms with Gasteiger partial charge in [-0.3, -0.25) is 14.5 Å². The maximum Gasteiger partial charge on any atom is 0.352 e. The van der Waals surface area contributed by atoms with Crippen molar-refractivity contribution in [3.05, 3.63) is 47.2 Å². The fraction of sp³-hybridized carbons (Fsp3) is 0.250. The lowest BCUT2D eigenvalue weighted by atomic mass is 10.0. The molecule has 2 aliphatic heterocycles. The first-order valence-electron chi connectivity index (χ1n) is 7.53. The number of carbonyl (C=O) groups excluding carboxylic acids is 2. The fourth-order valence-corrected chi connectivity index (χ4v) is 4.52. The summed E-state index contributed by atoms with van der Waals surface area (Å²) in [5.41, 5.74) is 0.458. The number of carboxylic acid groups (broad SMARTS) is 1. The normalized spacial score (nSPS) is 21.6. The van der Waals surface area contributed by atoms with Crippen molar-refractivity contribution in [1.82, 2.24) is 10.2 Å². The number of nitrogens with one attached hydrogen (secondary N) is 1. The third kappa shape index (κ3) is 3.06. The van der Waals surface area contributed by atoms with E-state index in [0.29, 0.717) is 5.56 Å². The number of amides is 2. The molecule has 0 saturated carbocycles. The molecule has 1 unspecified atom stereocenters. The monoisotopic (exact) mass is 394 g/mol. The summed E-state index contributed by atoms with van der Waals surface area (Å²) < 4.78 is 11.4. The van der Waals surface area contributed by atoms with Gasteiger partial charge in [-0.25, -0.2) is 9.00 Å².